The predicted molar refractivity (Wildman–Crippen MR) is 69.6 cm³/mol. The van der Waals surface area contributed by atoms with Crippen LogP contribution in [0.3, 0.4) is 0 Å². The van der Waals surface area contributed by atoms with Crippen LogP contribution in [0.1, 0.15) is 25.3 Å². The van der Waals surface area contributed by atoms with Crippen LogP contribution in [0.15, 0.2) is 29.8 Å². The second-order valence-corrected chi connectivity index (χ2v) is 3.87. The average Bonchev–Trinajstić information content (AvgIpc) is 2.36. The molecule has 0 aliphatic heterocycles. The molecular formula is C14H16N2O2. The number of aromatic hydroxyl groups is 1. The van der Waals surface area contributed by atoms with Gasteiger partial charge >= 0.3 is 0 Å². The number of nitrogens with zero attached hydrogens (tertiary/aromatic N) is 1. The molecule has 0 unspecified atom stereocenters. The van der Waals surface area contributed by atoms with Gasteiger partial charge in [0.05, 0.1) is 0 Å². The number of carbonyl (C=O) groups is 1. The Kier molecular flexibility index (Phi) is 5.46. The van der Waals surface area contributed by atoms with Gasteiger partial charge in [-0.2, -0.15) is 5.26 Å². The molecule has 2 N–H and O–H groups in total. The fraction of sp³-hybridized carbons (Fsp3) is 0.286. The van der Waals surface area contributed by atoms with Crippen LogP contribution in [0.4, 0.5) is 0 Å². The van der Waals surface area contributed by atoms with E-state index in [2.05, 4.69) is 5.32 Å². The largest absolute Gasteiger partial charge is 0.508 e. The van der Waals surface area contributed by atoms with Crippen molar-refractivity contribution < 1.29 is 9.90 Å². The van der Waals surface area contributed by atoms with E-state index in [9.17, 15) is 9.90 Å². The summed E-state index contributed by atoms with van der Waals surface area (Å²) in [6, 6.07) is 8.27. The highest BCUT2D eigenvalue weighted by Crippen LogP contribution is 2.13. The second kappa shape index (κ2) is 7.13. The van der Waals surface area contributed by atoms with Gasteiger partial charge in [-0.15, -0.1) is 0 Å². The Morgan fingerprint density at radius 1 is 1.56 bits per heavy atom. The number of unbranched alkanes of at least 4 members (excludes halogenated alkanes) is 1. The van der Waals surface area contributed by atoms with E-state index in [-0.39, 0.29) is 17.2 Å². The van der Waals surface area contributed by atoms with Crippen LogP contribution >= 0.6 is 0 Å². The fourth-order valence-corrected chi connectivity index (χ4v) is 1.40. The maximum atomic E-state index is 11.7. The van der Waals surface area contributed by atoms with E-state index < -0.39 is 0 Å². The first-order chi connectivity index (χ1) is 8.67. The van der Waals surface area contributed by atoms with Crippen LogP contribution in [0, 0.1) is 11.3 Å². The molecule has 1 amide bonds. The zero-order valence-corrected chi connectivity index (χ0v) is 10.3. The highest BCUT2D eigenvalue weighted by Gasteiger charge is 2.07. The van der Waals surface area contributed by atoms with Crippen LogP contribution in [-0.4, -0.2) is 17.6 Å². The monoisotopic (exact) mass is 244 g/mol. The Bertz CT molecular complexity index is 487. The van der Waals surface area contributed by atoms with E-state index in [1.807, 2.05) is 13.0 Å². The number of nitriles is 1. The van der Waals surface area contributed by atoms with E-state index in [1.54, 1.807) is 12.1 Å². The molecule has 0 saturated carbocycles. The highest BCUT2D eigenvalue weighted by atomic mass is 16.3. The zero-order valence-electron chi connectivity index (χ0n) is 10.3. The highest BCUT2D eigenvalue weighted by molar-refractivity contribution is 6.01. The van der Waals surface area contributed by atoms with Crippen LogP contribution in [-0.2, 0) is 4.79 Å². The van der Waals surface area contributed by atoms with Gasteiger partial charge in [-0.1, -0.05) is 25.5 Å². The lowest BCUT2D eigenvalue weighted by molar-refractivity contribution is -0.117. The molecule has 0 bridgehead atoms. The van der Waals surface area contributed by atoms with Crippen molar-refractivity contribution in [2.75, 3.05) is 6.54 Å². The van der Waals surface area contributed by atoms with Gasteiger partial charge in [0.2, 0.25) is 0 Å². The predicted octanol–water partition coefficient (Wildman–Crippen LogP) is 2.22. The van der Waals surface area contributed by atoms with Crippen LogP contribution in [0.25, 0.3) is 6.08 Å². The molecule has 1 aromatic carbocycles. The lowest BCUT2D eigenvalue weighted by atomic mass is 10.1. The molecular weight excluding hydrogens is 228 g/mol. The van der Waals surface area contributed by atoms with E-state index in [4.69, 9.17) is 5.26 Å². The molecule has 4 heteroatoms. The standard InChI is InChI=1S/C14H16N2O2/c1-2-3-7-16-14(18)12(10-15)8-11-5-4-6-13(17)9-11/h4-6,8-9,17H,2-3,7H2,1H3,(H,16,18)/b12-8+. The number of phenols is 1. The molecule has 0 spiro atoms. The third-order valence-corrected chi connectivity index (χ3v) is 2.36. The van der Waals surface area contributed by atoms with Crippen molar-refractivity contribution in [3.8, 4) is 11.8 Å². The normalized spacial score (nSPS) is 10.8. The van der Waals surface area contributed by atoms with Gasteiger partial charge in [0.25, 0.3) is 5.91 Å². The minimum absolute atomic E-state index is 0.0386. The van der Waals surface area contributed by atoms with Gasteiger partial charge in [-0.3, -0.25) is 4.79 Å². The first-order valence-electron chi connectivity index (χ1n) is 5.86. The topological polar surface area (TPSA) is 73.1 Å². The molecule has 1 rings (SSSR count). The maximum Gasteiger partial charge on any atom is 0.261 e. The van der Waals surface area contributed by atoms with Gasteiger partial charge in [0.1, 0.15) is 17.4 Å². The van der Waals surface area contributed by atoms with Crippen molar-refractivity contribution in [3.05, 3.63) is 35.4 Å². The Balaban J connectivity index is 2.77. The summed E-state index contributed by atoms with van der Waals surface area (Å²) in [6.45, 7) is 2.59. The minimum Gasteiger partial charge on any atom is -0.508 e. The number of carbonyl (C=O) groups excluding carboxylic acids is 1. The third kappa shape index (κ3) is 4.30. The molecule has 0 saturated heterocycles. The Morgan fingerprint density at radius 3 is 2.94 bits per heavy atom. The summed E-state index contributed by atoms with van der Waals surface area (Å²) in [6.07, 6.45) is 3.33. The Hall–Kier alpha value is -2.28. The molecule has 94 valence electrons. The summed E-state index contributed by atoms with van der Waals surface area (Å²) in [5.74, 6) is -0.276. The first-order valence-corrected chi connectivity index (χ1v) is 5.86. The average molecular weight is 244 g/mol. The molecule has 1 aromatic rings. The summed E-state index contributed by atoms with van der Waals surface area (Å²) < 4.78 is 0. The molecule has 4 nitrogen and oxygen atoms in total. The SMILES string of the molecule is CCCCNC(=O)/C(C#N)=C/c1cccc(O)c1. The fourth-order valence-electron chi connectivity index (χ4n) is 1.40. The summed E-state index contributed by atoms with van der Waals surface area (Å²) in [4.78, 5) is 11.7. The molecule has 0 aromatic heterocycles. The molecule has 0 heterocycles. The number of benzene rings is 1. The van der Waals surface area contributed by atoms with E-state index in [0.29, 0.717) is 12.1 Å². The third-order valence-electron chi connectivity index (χ3n) is 2.36. The van der Waals surface area contributed by atoms with Crippen molar-refractivity contribution in [3.63, 3.8) is 0 Å². The number of amides is 1. The maximum absolute atomic E-state index is 11.7. The smallest absolute Gasteiger partial charge is 0.261 e. The van der Waals surface area contributed by atoms with Crippen LogP contribution in [0.2, 0.25) is 0 Å². The number of nitrogens with one attached hydrogen (secondary N) is 1. The van der Waals surface area contributed by atoms with E-state index in [0.717, 1.165) is 12.8 Å². The number of rotatable bonds is 5. The van der Waals surface area contributed by atoms with Crippen molar-refractivity contribution in [2.45, 2.75) is 19.8 Å². The van der Waals surface area contributed by atoms with E-state index in [1.165, 1.54) is 18.2 Å². The quantitative estimate of drug-likeness (QED) is 0.474. The number of hydrogen-bond acceptors (Lipinski definition) is 3. The van der Waals surface area contributed by atoms with Crippen molar-refractivity contribution >= 4 is 12.0 Å². The van der Waals surface area contributed by atoms with Gasteiger partial charge < -0.3 is 10.4 Å². The first kappa shape index (κ1) is 13.8. The molecule has 18 heavy (non-hydrogen) atoms. The molecule has 0 aliphatic carbocycles. The molecule has 0 fully saturated rings. The Morgan fingerprint density at radius 2 is 2.33 bits per heavy atom. The molecule has 0 atom stereocenters. The lowest BCUT2D eigenvalue weighted by Crippen LogP contribution is -2.25. The van der Waals surface area contributed by atoms with Gasteiger partial charge in [0, 0.05) is 6.54 Å². The number of hydrogen-bond donors (Lipinski definition) is 2. The number of phenolic OH excluding ortho intramolecular Hbond substituents is 1. The van der Waals surface area contributed by atoms with Gasteiger partial charge in [-0.25, -0.2) is 0 Å². The zero-order chi connectivity index (χ0) is 13.4. The minimum atomic E-state index is -0.380. The van der Waals surface area contributed by atoms with Crippen LogP contribution < -0.4 is 5.32 Å². The lowest BCUT2D eigenvalue weighted by Gasteiger charge is -2.03. The summed E-state index contributed by atoms with van der Waals surface area (Å²) in [5, 5.41) is 20.9. The molecule has 0 aliphatic rings. The Labute approximate surface area is 107 Å². The van der Waals surface area contributed by atoms with E-state index >= 15 is 0 Å². The van der Waals surface area contributed by atoms with Crippen molar-refractivity contribution in [2.24, 2.45) is 0 Å². The second-order valence-electron chi connectivity index (χ2n) is 3.87. The van der Waals surface area contributed by atoms with Crippen molar-refractivity contribution in [1.29, 1.82) is 5.26 Å². The van der Waals surface area contributed by atoms with Gasteiger partial charge in [-0.05, 0) is 30.2 Å². The summed E-state index contributed by atoms with van der Waals surface area (Å²) in [7, 11) is 0. The van der Waals surface area contributed by atoms with Crippen LogP contribution in [0.5, 0.6) is 5.75 Å². The summed E-state index contributed by atoms with van der Waals surface area (Å²) in [5.41, 5.74) is 0.661. The van der Waals surface area contributed by atoms with Crippen molar-refractivity contribution in [1.82, 2.24) is 5.32 Å². The van der Waals surface area contributed by atoms with Gasteiger partial charge in [0.15, 0.2) is 0 Å². The molecule has 0 radical (unpaired) electrons. The summed E-state index contributed by atoms with van der Waals surface area (Å²) >= 11 is 0.